The van der Waals surface area contributed by atoms with Crippen molar-refractivity contribution in [3.05, 3.63) is 18.2 Å². The van der Waals surface area contributed by atoms with Crippen LogP contribution in [-0.2, 0) is 4.79 Å². The zero-order valence-electron chi connectivity index (χ0n) is 11.3. The van der Waals surface area contributed by atoms with Crippen molar-refractivity contribution >= 4 is 11.6 Å². The summed E-state index contributed by atoms with van der Waals surface area (Å²) in [6.45, 7) is 5.10. The Morgan fingerprint density at radius 3 is 2.63 bits per heavy atom. The summed E-state index contributed by atoms with van der Waals surface area (Å²) in [4.78, 5) is 11.9. The van der Waals surface area contributed by atoms with Crippen molar-refractivity contribution in [2.75, 3.05) is 18.5 Å². The number of anilines is 1. The van der Waals surface area contributed by atoms with Gasteiger partial charge in [0, 0.05) is 18.2 Å². The molecular weight excluding hydrogens is 244 g/mol. The lowest BCUT2D eigenvalue weighted by Crippen LogP contribution is -2.39. The van der Waals surface area contributed by atoms with Crippen molar-refractivity contribution in [2.24, 2.45) is 11.7 Å². The van der Waals surface area contributed by atoms with Crippen LogP contribution in [0.2, 0.25) is 0 Å². The minimum Gasteiger partial charge on any atom is -0.490 e. The second-order valence-electron chi connectivity index (χ2n) is 4.97. The van der Waals surface area contributed by atoms with Crippen molar-refractivity contribution in [1.82, 2.24) is 0 Å². The molecule has 5 nitrogen and oxygen atoms in total. The van der Waals surface area contributed by atoms with Crippen molar-refractivity contribution in [3.63, 3.8) is 0 Å². The van der Waals surface area contributed by atoms with Gasteiger partial charge in [0.1, 0.15) is 0 Å². The van der Waals surface area contributed by atoms with Crippen LogP contribution in [-0.4, -0.2) is 25.2 Å². The van der Waals surface area contributed by atoms with Gasteiger partial charge in [-0.3, -0.25) is 4.79 Å². The van der Waals surface area contributed by atoms with E-state index in [4.69, 9.17) is 15.2 Å². The third-order valence-electron chi connectivity index (χ3n) is 3.04. The van der Waals surface area contributed by atoms with Gasteiger partial charge < -0.3 is 20.5 Å². The summed E-state index contributed by atoms with van der Waals surface area (Å²) in [7, 11) is 0. The van der Waals surface area contributed by atoms with Gasteiger partial charge in [0.2, 0.25) is 5.91 Å². The fourth-order valence-corrected chi connectivity index (χ4v) is 1.77. The van der Waals surface area contributed by atoms with Gasteiger partial charge in [0.25, 0.3) is 0 Å². The fraction of sp³-hybridized carbons (Fsp3) is 0.500. The average molecular weight is 264 g/mol. The molecule has 0 radical (unpaired) electrons. The van der Waals surface area contributed by atoms with E-state index in [0.717, 1.165) is 6.42 Å². The van der Waals surface area contributed by atoms with Crippen LogP contribution < -0.4 is 20.5 Å². The predicted molar refractivity (Wildman–Crippen MR) is 73.5 cm³/mol. The van der Waals surface area contributed by atoms with Crippen LogP contribution >= 0.6 is 0 Å². The maximum absolute atomic E-state index is 11.9. The number of nitrogens with one attached hydrogen (secondary N) is 1. The highest BCUT2D eigenvalue weighted by Crippen LogP contribution is 2.32. The summed E-state index contributed by atoms with van der Waals surface area (Å²) in [6, 6.07) is 4.84. The first-order valence-corrected chi connectivity index (χ1v) is 6.54. The first-order valence-electron chi connectivity index (χ1n) is 6.54. The molecule has 2 rings (SSSR count). The highest BCUT2D eigenvalue weighted by Gasteiger charge is 2.18. The van der Waals surface area contributed by atoms with E-state index in [-0.39, 0.29) is 11.8 Å². The molecular formula is C14H20N2O3. The maximum Gasteiger partial charge on any atom is 0.241 e. The van der Waals surface area contributed by atoms with E-state index >= 15 is 0 Å². The Labute approximate surface area is 113 Å². The Hall–Kier alpha value is -1.75. The standard InChI is InChI=1S/C14H20N2O3/c1-9(2)13(15)14(17)16-10-4-5-11-12(8-10)19-7-3-6-18-11/h4-5,8-9,13H,3,6-7,15H2,1-2H3,(H,16,17)/t13-/m1/s1. The maximum atomic E-state index is 11.9. The Bertz CT molecular complexity index is 460. The molecule has 0 unspecified atom stereocenters. The molecule has 1 aliphatic rings. The quantitative estimate of drug-likeness (QED) is 0.872. The SMILES string of the molecule is CC(C)[C@@H](N)C(=O)Nc1ccc2c(c1)OCCCO2. The van der Waals surface area contributed by atoms with Crippen LogP contribution in [0.3, 0.4) is 0 Å². The summed E-state index contributed by atoms with van der Waals surface area (Å²) in [6.07, 6.45) is 0.856. The van der Waals surface area contributed by atoms with Crippen molar-refractivity contribution in [3.8, 4) is 11.5 Å². The van der Waals surface area contributed by atoms with E-state index < -0.39 is 6.04 Å². The van der Waals surface area contributed by atoms with Crippen LogP contribution in [0.15, 0.2) is 18.2 Å². The number of hydrogen-bond acceptors (Lipinski definition) is 4. The van der Waals surface area contributed by atoms with Gasteiger partial charge in [-0.15, -0.1) is 0 Å². The number of rotatable bonds is 3. The molecule has 1 aromatic rings. The highest BCUT2D eigenvalue weighted by molar-refractivity contribution is 5.95. The molecule has 0 fully saturated rings. The average Bonchev–Trinajstić information content (AvgIpc) is 2.62. The Kier molecular flexibility index (Phi) is 4.27. The second-order valence-corrected chi connectivity index (χ2v) is 4.97. The molecule has 0 saturated heterocycles. The van der Waals surface area contributed by atoms with Crippen molar-refractivity contribution in [2.45, 2.75) is 26.3 Å². The number of nitrogens with two attached hydrogens (primary N) is 1. The van der Waals surface area contributed by atoms with Crippen LogP contribution in [0.5, 0.6) is 11.5 Å². The molecule has 104 valence electrons. The number of benzene rings is 1. The summed E-state index contributed by atoms with van der Waals surface area (Å²) >= 11 is 0. The van der Waals surface area contributed by atoms with E-state index in [2.05, 4.69) is 5.32 Å². The van der Waals surface area contributed by atoms with Crippen LogP contribution in [0.4, 0.5) is 5.69 Å². The van der Waals surface area contributed by atoms with Crippen LogP contribution in [0.1, 0.15) is 20.3 Å². The highest BCUT2D eigenvalue weighted by atomic mass is 16.5. The molecule has 19 heavy (non-hydrogen) atoms. The fourth-order valence-electron chi connectivity index (χ4n) is 1.77. The molecule has 0 aromatic heterocycles. The molecule has 0 aliphatic carbocycles. The van der Waals surface area contributed by atoms with Crippen molar-refractivity contribution in [1.29, 1.82) is 0 Å². The number of carbonyl (C=O) groups is 1. The number of ether oxygens (including phenoxy) is 2. The molecule has 1 aromatic carbocycles. The van der Waals surface area contributed by atoms with Crippen LogP contribution in [0, 0.1) is 5.92 Å². The Morgan fingerprint density at radius 1 is 1.26 bits per heavy atom. The van der Waals surface area contributed by atoms with Gasteiger partial charge in [0.15, 0.2) is 11.5 Å². The third kappa shape index (κ3) is 3.38. The lowest BCUT2D eigenvalue weighted by molar-refractivity contribution is -0.118. The number of carbonyl (C=O) groups excluding carboxylic acids is 1. The molecule has 3 N–H and O–H groups in total. The van der Waals surface area contributed by atoms with E-state index in [1.54, 1.807) is 18.2 Å². The minimum atomic E-state index is -0.518. The molecule has 0 bridgehead atoms. The van der Waals surface area contributed by atoms with E-state index in [9.17, 15) is 4.79 Å². The molecule has 0 spiro atoms. The molecule has 1 heterocycles. The Morgan fingerprint density at radius 2 is 1.95 bits per heavy atom. The summed E-state index contributed by atoms with van der Waals surface area (Å²) < 4.78 is 11.1. The predicted octanol–water partition coefficient (Wildman–Crippen LogP) is 1.77. The topological polar surface area (TPSA) is 73.6 Å². The molecule has 1 amide bonds. The van der Waals surface area contributed by atoms with Gasteiger partial charge in [-0.1, -0.05) is 13.8 Å². The zero-order chi connectivity index (χ0) is 13.8. The van der Waals surface area contributed by atoms with Gasteiger partial charge in [-0.05, 0) is 18.1 Å². The molecule has 5 heteroatoms. The zero-order valence-corrected chi connectivity index (χ0v) is 11.3. The number of amides is 1. The lowest BCUT2D eigenvalue weighted by Gasteiger charge is -2.16. The normalized spacial score (nSPS) is 15.8. The second kappa shape index (κ2) is 5.93. The van der Waals surface area contributed by atoms with E-state index in [1.807, 2.05) is 13.8 Å². The number of fused-ring (bicyclic) bond motifs is 1. The lowest BCUT2D eigenvalue weighted by atomic mass is 10.0. The number of hydrogen-bond donors (Lipinski definition) is 2. The first kappa shape index (κ1) is 13.7. The first-order chi connectivity index (χ1) is 9.08. The minimum absolute atomic E-state index is 0.0976. The Balaban J connectivity index is 2.09. The van der Waals surface area contributed by atoms with E-state index in [0.29, 0.717) is 30.4 Å². The van der Waals surface area contributed by atoms with Crippen molar-refractivity contribution < 1.29 is 14.3 Å². The molecule has 0 saturated carbocycles. The summed E-state index contributed by atoms with van der Waals surface area (Å²) in [5, 5.41) is 2.79. The van der Waals surface area contributed by atoms with Gasteiger partial charge in [-0.2, -0.15) is 0 Å². The van der Waals surface area contributed by atoms with Crippen LogP contribution in [0.25, 0.3) is 0 Å². The largest absolute Gasteiger partial charge is 0.490 e. The monoisotopic (exact) mass is 264 g/mol. The summed E-state index contributed by atoms with van der Waals surface area (Å²) in [5.74, 6) is 1.28. The molecule has 1 aliphatic heterocycles. The third-order valence-corrected chi connectivity index (χ3v) is 3.04. The van der Waals surface area contributed by atoms with Gasteiger partial charge in [-0.25, -0.2) is 0 Å². The molecule has 1 atom stereocenters. The summed E-state index contributed by atoms with van der Waals surface area (Å²) in [5.41, 5.74) is 6.47. The smallest absolute Gasteiger partial charge is 0.241 e. The van der Waals surface area contributed by atoms with Gasteiger partial charge in [0.05, 0.1) is 19.3 Å². The van der Waals surface area contributed by atoms with Gasteiger partial charge >= 0.3 is 0 Å². The van der Waals surface area contributed by atoms with E-state index in [1.165, 1.54) is 0 Å².